The Labute approximate surface area is 245 Å². The number of imide groups is 2. The average molecular weight is 606 g/mol. The van der Waals surface area contributed by atoms with Crippen molar-refractivity contribution in [1.29, 1.82) is 0 Å². The molecule has 3 aromatic carbocycles. The Morgan fingerprint density at radius 3 is 2.17 bits per heavy atom. The van der Waals surface area contributed by atoms with Gasteiger partial charge in [-0.3, -0.25) is 14.9 Å². The van der Waals surface area contributed by atoms with E-state index >= 15 is 0 Å². The first-order valence-corrected chi connectivity index (χ1v) is 13.0. The molecule has 9 nitrogen and oxygen atoms in total. The van der Waals surface area contributed by atoms with E-state index in [9.17, 15) is 14.4 Å². The number of anilines is 1. The molecule has 4 amide bonds. The minimum Gasteiger partial charge on any atom is -0.495 e. The molecule has 1 heterocycles. The fourth-order valence-corrected chi connectivity index (χ4v) is 4.62. The third-order valence-corrected chi connectivity index (χ3v) is 6.81. The van der Waals surface area contributed by atoms with Crippen LogP contribution in [0.1, 0.15) is 18.1 Å². The van der Waals surface area contributed by atoms with Crippen molar-refractivity contribution in [3.8, 4) is 23.0 Å². The Kier molecular flexibility index (Phi) is 9.09. The van der Waals surface area contributed by atoms with Gasteiger partial charge in [-0.2, -0.15) is 0 Å². The second kappa shape index (κ2) is 12.5. The first-order valence-electron chi connectivity index (χ1n) is 11.8. The number of barbiturate groups is 1. The molecule has 3 aromatic rings. The van der Waals surface area contributed by atoms with Gasteiger partial charge in [0.1, 0.15) is 23.7 Å². The van der Waals surface area contributed by atoms with Crippen LogP contribution in [0.3, 0.4) is 0 Å². The molecular formula is C28H23Cl3N2O7. The highest BCUT2D eigenvalue weighted by atomic mass is 35.5. The molecule has 1 N–H and O–H groups in total. The molecule has 1 fully saturated rings. The third kappa shape index (κ3) is 5.96. The van der Waals surface area contributed by atoms with Crippen molar-refractivity contribution in [3.05, 3.63) is 80.3 Å². The standard InChI is InChI=1S/C28H23Cl3N2O7/c1-4-39-25-11-15(8-9-22(25)40-14-17-18(29)6-5-7-19(17)30)10-16-26(34)32-28(36)33(27(16)35)21-13-23(37-2)20(31)12-24(21)38-3/h5-13H,4,14H2,1-3H3,(H,32,34,36)/b16-10+. The van der Waals surface area contributed by atoms with E-state index in [0.29, 0.717) is 39.3 Å². The summed E-state index contributed by atoms with van der Waals surface area (Å²) in [4.78, 5) is 39.7. The lowest BCUT2D eigenvalue weighted by Gasteiger charge is -2.28. The van der Waals surface area contributed by atoms with E-state index in [4.69, 9.17) is 53.8 Å². The summed E-state index contributed by atoms with van der Waals surface area (Å²) in [5.74, 6) is -0.645. The minimum atomic E-state index is -0.952. The Balaban J connectivity index is 1.67. The molecule has 1 saturated heterocycles. The Bertz CT molecular complexity index is 1500. The largest absolute Gasteiger partial charge is 0.495 e. The molecule has 0 radical (unpaired) electrons. The molecule has 4 rings (SSSR count). The molecule has 12 heteroatoms. The summed E-state index contributed by atoms with van der Waals surface area (Å²) in [5.41, 5.74) is 0.805. The molecular weight excluding hydrogens is 583 g/mol. The normalized spacial score (nSPS) is 14.3. The summed E-state index contributed by atoms with van der Waals surface area (Å²) in [7, 11) is 2.74. The zero-order chi connectivity index (χ0) is 29.0. The van der Waals surface area contributed by atoms with Gasteiger partial charge in [0, 0.05) is 27.7 Å². The number of methoxy groups -OCH3 is 2. The van der Waals surface area contributed by atoms with E-state index in [-0.39, 0.29) is 34.4 Å². The predicted octanol–water partition coefficient (Wildman–Crippen LogP) is 6.31. The molecule has 0 aliphatic carbocycles. The fourth-order valence-electron chi connectivity index (χ4n) is 3.88. The van der Waals surface area contributed by atoms with E-state index in [0.717, 1.165) is 4.90 Å². The summed E-state index contributed by atoms with van der Waals surface area (Å²) in [5, 5.41) is 3.31. The van der Waals surface area contributed by atoms with Crippen LogP contribution in [0, 0.1) is 0 Å². The van der Waals surface area contributed by atoms with Crippen molar-refractivity contribution in [2.45, 2.75) is 13.5 Å². The molecule has 40 heavy (non-hydrogen) atoms. The van der Waals surface area contributed by atoms with E-state index in [2.05, 4.69) is 5.32 Å². The van der Waals surface area contributed by atoms with Gasteiger partial charge in [-0.05, 0) is 42.8 Å². The van der Waals surface area contributed by atoms with Gasteiger partial charge in [-0.1, -0.05) is 46.9 Å². The number of hydrogen-bond donors (Lipinski definition) is 1. The molecule has 0 unspecified atom stereocenters. The molecule has 0 aromatic heterocycles. The van der Waals surface area contributed by atoms with Crippen LogP contribution in [0.5, 0.6) is 23.0 Å². The topological polar surface area (TPSA) is 103 Å². The number of amides is 4. The highest BCUT2D eigenvalue weighted by Gasteiger charge is 2.38. The second-order valence-electron chi connectivity index (χ2n) is 8.24. The number of ether oxygens (including phenoxy) is 4. The molecule has 0 spiro atoms. The van der Waals surface area contributed by atoms with Crippen molar-refractivity contribution in [2.24, 2.45) is 0 Å². The van der Waals surface area contributed by atoms with E-state index < -0.39 is 17.8 Å². The molecule has 208 valence electrons. The number of hydrogen-bond acceptors (Lipinski definition) is 7. The number of nitrogens with one attached hydrogen (secondary N) is 1. The number of carbonyl (C=O) groups excluding carboxylic acids is 3. The van der Waals surface area contributed by atoms with E-state index in [1.54, 1.807) is 43.3 Å². The van der Waals surface area contributed by atoms with Crippen molar-refractivity contribution in [1.82, 2.24) is 5.32 Å². The van der Waals surface area contributed by atoms with Gasteiger partial charge < -0.3 is 18.9 Å². The Hall–Kier alpha value is -3.92. The van der Waals surface area contributed by atoms with Crippen LogP contribution in [0.15, 0.2) is 54.1 Å². The van der Waals surface area contributed by atoms with Crippen molar-refractivity contribution >= 4 is 64.4 Å². The molecule has 1 aliphatic heterocycles. The SMILES string of the molecule is CCOc1cc(/C=C2\C(=O)NC(=O)N(c3cc(OC)c(Cl)cc3OC)C2=O)ccc1OCc1c(Cl)cccc1Cl. The number of urea groups is 1. The predicted molar refractivity (Wildman–Crippen MR) is 152 cm³/mol. The van der Waals surface area contributed by atoms with E-state index in [1.165, 1.54) is 32.4 Å². The van der Waals surface area contributed by atoms with Gasteiger partial charge in [-0.25, -0.2) is 9.69 Å². The summed E-state index contributed by atoms with van der Waals surface area (Å²) in [6.45, 7) is 2.21. The lowest BCUT2D eigenvalue weighted by atomic mass is 10.1. The van der Waals surface area contributed by atoms with Crippen LogP contribution in [-0.4, -0.2) is 38.7 Å². The highest BCUT2D eigenvalue weighted by Crippen LogP contribution is 2.39. The Morgan fingerprint density at radius 2 is 1.52 bits per heavy atom. The highest BCUT2D eigenvalue weighted by molar-refractivity contribution is 6.40. The maximum atomic E-state index is 13.5. The lowest BCUT2D eigenvalue weighted by Crippen LogP contribution is -2.54. The first-order chi connectivity index (χ1) is 19.2. The average Bonchev–Trinajstić information content (AvgIpc) is 2.92. The number of rotatable bonds is 9. The number of nitrogens with zero attached hydrogens (tertiary/aromatic N) is 1. The van der Waals surface area contributed by atoms with Crippen LogP contribution < -0.4 is 29.2 Å². The molecule has 1 aliphatic rings. The zero-order valence-corrected chi connectivity index (χ0v) is 23.8. The summed E-state index contributed by atoms with van der Waals surface area (Å²) in [6.07, 6.45) is 1.34. The third-order valence-electron chi connectivity index (χ3n) is 5.81. The smallest absolute Gasteiger partial charge is 0.336 e. The van der Waals surface area contributed by atoms with Gasteiger partial charge >= 0.3 is 6.03 Å². The van der Waals surface area contributed by atoms with Crippen LogP contribution in [0.2, 0.25) is 15.1 Å². The fraction of sp³-hybridized carbons (Fsp3) is 0.179. The van der Waals surface area contributed by atoms with Gasteiger partial charge in [0.15, 0.2) is 11.5 Å². The van der Waals surface area contributed by atoms with Gasteiger partial charge in [0.25, 0.3) is 11.8 Å². The second-order valence-corrected chi connectivity index (χ2v) is 9.47. The lowest BCUT2D eigenvalue weighted by molar-refractivity contribution is -0.122. The molecule has 0 atom stereocenters. The van der Waals surface area contributed by atoms with Crippen LogP contribution in [-0.2, 0) is 16.2 Å². The summed E-state index contributed by atoms with van der Waals surface area (Å²) >= 11 is 18.7. The van der Waals surface area contributed by atoms with Crippen molar-refractivity contribution in [3.63, 3.8) is 0 Å². The quantitative estimate of drug-likeness (QED) is 0.225. The van der Waals surface area contributed by atoms with Gasteiger partial charge in [0.2, 0.25) is 0 Å². The summed E-state index contributed by atoms with van der Waals surface area (Å²) in [6, 6.07) is 11.8. The number of benzene rings is 3. The number of halogens is 3. The number of carbonyl (C=O) groups is 3. The first kappa shape index (κ1) is 29.1. The minimum absolute atomic E-state index is 0.0432. The van der Waals surface area contributed by atoms with Crippen LogP contribution in [0.4, 0.5) is 10.5 Å². The van der Waals surface area contributed by atoms with E-state index in [1.807, 2.05) is 0 Å². The maximum Gasteiger partial charge on any atom is 0.336 e. The monoisotopic (exact) mass is 604 g/mol. The maximum absolute atomic E-state index is 13.5. The zero-order valence-electron chi connectivity index (χ0n) is 21.5. The van der Waals surface area contributed by atoms with Crippen molar-refractivity contribution in [2.75, 3.05) is 25.7 Å². The van der Waals surface area contributed by atoms with Gasteiger partial charge in [0.05, 0.1) is 31.5 Å². The van der Waals surface area contributed by atoms with Crippen molar-refractivity contribution < 1.29 is 33.3 Å². The van der Waals surface area contributed by atoms with Crippen LogP contribution in [0.25, 0.3) is 6.08 Å². The molecule has 0 saturated carbocycles. The molecule has 0 bridgehead atoms. The summed E-state index contributed by atoms with van der Waals surface area (Å²) < 4.78 is 22.2. The van der Waals surface area contributed by atoms with Gasteiger partial charge in [-0.15, -0.1) is 0 Å². The van der Waals surface area contributed by atoms with Crippen LogP contribution >= 0.6 is 34.8 Å². The Morgan fingerprint density at radius 1 is 0.825 bits per heavy atom.